The van der Waals surface area contributed by atoms with Crippen molar-refractivity contribution in [3.05, 3.63) is 11.4 Å². The fraction of sp³-hybridized carbons (Fsp3) is 0.727. The molecule has 0 atom stereocenters. The van der Waals surface area contributed by atoms with Crippen LogP contribution in [0.4, 0.5) is 0 Å². The van der Waals surface area contributed by atoms with Crippen LogP contribution in [-0.2, 0) is 0 Å². The van der Waals surface area contributed by atoms with Crippen LogP contribution in [0.3, 0.4) is 0 Å². The maximum absolute atomic E-state index is 3.61. The third-order valence-electron chi connectivity index (χ3n) is 3.00. The molecule has 2 heterocycles. The van der Waals surface area contributed by atoms with Crippen molar-refractivity contribution < 1.29 is 4.58 Å². The van der Waals surface area contributed by atoms with Gasteiger partial charge in [-0.05, 0) is 39.8 Å². The minimum Gasteiger partial charge on any atom is -0.380 e. The van der Waals surface area contributed by atoms with E-state index in [-0.39, 0.29) is 0 Å². The first-order chi connectivity index (χ1) is 6.81. The zero-order chi connectivity index (χ0) is 9.97. The first-order valence-corrected chi connectivity index (χ1v) is 5.61. The van der Waals surface area contributed by atoms with Crippen LogP contribution < -0.4 is 10.6 Å². The molecule has 78 valence electrons. The van der Waals surface area contributed by atoms with Crippen molar-refractivity contribution in [3.8, 4) is 0 Å². The Morgan fingerprint density at radius 1 is 1.57 bits per heavy atom. The molecule has 3 nitrogen and oxygen atoms in total. The van der Waals surface area contributed by atoms with Gasteiger partial charge in [-0.25, -0.2) is 0 Å². The Kier molecular flexibility index (Phi) is 2.87. The van der Waals surface area contributed by atoms with Gasteiger partial charge < -0.3 is 10.6 Å². The number of hydrogen-bond acceptors (Lipinski definition) is 2. The lowest BCUT2D eigenvalue weighted by molar-refractivity contribution is -0.400. The standard InChI is InChI=1S/C11H19N3/c1-3-14-8-11(14)9(2)13-10-4-6-12-7-5-10/h8,10,12H,3-7H2,1-2H3/p+1. The summed E-state index contributed by atoms with van der Waals surface area (Å²) in [5.74, 6) is 0. The van der Waals surface area contributed by atoms with Crippen molar-refractivity contribution in [2.75, 3.05) is 19.6 Å². The van der Waals surface area contributed by atoms with E-state index in [4.69, 9.17) is 0 Å². The third kappa shape index (κ3) is 2.15. The van der Waals surface area contributed by atoms with Crippen LogP contribution in [0.1, 0.15) is 26.7 Å². The zero-order valence-corrected chi connectivity index (χ0v) is 9.14. The molecule has 0 radical (unpaired) electrons. The topological polar surface area (TPSA) is 27.1 Å². The predicted molar refractivity (Wildman–Crippen MR) is 58.6 cm³/mol. The van der Waals surface area contributed by atoms with Gasteiger partial charge in [-0.1, -0.05) is 0 Å². The number of piperidine rings is 1. The van der Waals surface area contributed by atoms with Gasteiger partial charge in [-0.15, -0.1) is 0 Å². The maximum atomic E-state index is 3.61. The molecule has 0 amide bonds. The molecule has 2 aliphatic heterocycles. The minimum absolute atomic E-state index is 0.677. The lowest BCUT2D eigenvalue weighted by Gasteiger charge is -2.24. The Morgan fingerprint density at radius 2 is 2.29 bits per heavy atom. The molecule has 0 saturated carbocycles. The summed E-state index contributed by atoms with van der Waals surface area (Å²) in [6, 6.07) is 0.677. The number of hydrogen-bond donors (Lipinski definition) is 2. The van der Waals surface area contributed by atoms with Crippen molar-refractivity contribution in [2.45, 2.75) is 32.7 Å². The second-order valence-corrected chi connectivity index (χ2v) is 4.09. The van der Waals surface area contributed by atoms with Gasteiger partial charge in [0.2, 0.25) is 6.21 Å². The fourth-order valence-electron chi connectivity index (χ4n) is 2.04. The Morgan fingerprint density at radius 3 is 2.86 bits per heavy atom. The molecular weight excluding hydrogens is 174 g/mol. The Labute approximate surface area is 85.9 Å². The van der Waals surface area contributed by atoms with Crippen LogP contribution in [0.2, 0.25) is 0 Å². The summed E-state index contributed by atoms with van der Waals surface area (Å²) in [6.45, 7) is 7.77. The van der Waals surface area contributed by atoms with Crippen LogP contribution in [0.5, 0.6) is 0 Å². The van der Waals surface area contributed by atoms with Crippen LogP contribution in [-0.4, -0.2) is 36.5 Å². The average Bonchev–Trinajstić information content (AvgIpc) is 2.98. The van der Waals surface area contributed by atoms with Crippen molar-refractivity contribution in [2.24, 2.45) is 0 Å². The molecule has 1 fully saturated rings. The van der Waals surface area contributed by atoms with E-state index in [2.05, 4.69) is 35.3 Å². The molecule has 2 aliphatic rings. The van der Waals surface area contributed by atoms with Crippen molar-refractivity contribution in [3.63, 3.8) is 0 Å². The van der Waals surface area contributed by atoms with E-state index in [0.29, 0.717) is 6.04 Å². The normalized spacial score (nSPS) is 25.7. The van der Waals surface area contributed by atoms with Gasteiger partial charge in [0.15, 0.2) is 0 Å². The van der Waals surface area contributed by atoms with Gasteiger partial charge in [0.05, 0.1) is 5.70 Å². The summed E-state index contributed by atoms with van der Waals surface area (Å²) >= 11 is 0. The van der Waals surface area contributed by atoms with Gasteiger partial charge >= 0.3 is 0 Å². The van der Waals surface area contributed by atoms with E-state index in [9.17, 15) is 0 Å². The highest BCUT2D eigenvalue weighted by Crippen LogP contribution is 2.13. The monoisotopic (exact) mass is 194 g/mol. The summed E-state index contributed by atoms with van der Waals surface area (Å²) in [5, 5.41) is 6.99. The average molecular weight is 194 g/mol. The molecule has 0 unspecified atom stereocenters. The second-order valence-electron chi connectivity index (χ2n) is 4.09. The number of nitrogens with one attached hydrogen (secondary N) is 2. The number of rotatable bonds is 3. The molecule has 0 aliphatic carbocycles. The molecule has 0 aromatic heterocycles. The first-order valence-electron chi connectivity index (χ1n) is 5.61. The molecule has 2 rings (SSSR count). The summed E-state index contributed by atoms with van der Waals surface area (Å²) in [7, 11) is 0. The van der Waals surface area contributed by atoms with E-state index >= 15 is 0 Å². The fourth-order valence-corrected chi connectivity index (χ4v) is 2.04. The Hall–Kier alpha value is -0.830. The lowest BCUT2D eigenvalue weighted by atomic mass is 10.1. The van der Waals surface area contributed by atoms with Gasteiger partial charge in [-0.3, -0.25) is 0 Å². The SMILES string of the molecule is CC[N+]1=CC/1=C(\C)NC1CCNCC1. The van der Waals surface area contributed by atoms with Gasteiger partial charge in [0, 0.05) is 6.04 Å². The quantitative estimate of drug-likeness (QED) is 0.646. The predicted octanol–water partition coefficient (Wildman–Crippen LogP) is 0.676. The van der Waals surface area contributed by atoms with E-state index in [0.717, 1.165) is 19.6 Å². The summed E-state index contributed by atoms with van der Waals surface area (Å²) in [6.07, 6.45) is 4.71. The number of nitrogens with zero attached hydrogens (tertiary/aromatic N) is 1. The third-order valence-corrected chi connectivity index (χ3v) is 3.00. The van der Waals surface area contributed by atoms with E-state index in [1.165, 1.54) is 24.2 Å². The molecule has 3 heteroatoms. The van der Waals surface area contributed by atoms with Gasteiger partial charge in [0.1, 0.15) is 6.54 Å². The summed E-state index contributed by atoms with van der Waals surface area (Å²) in [5.41, 5.74) is 2.74. The maximum Gasteiger partial charge on any atom is 0.288 e. The molecule has 1 saturated heterocycles. The Bertz CT molecular complexity index is 272. The van der Waals surface area contributed by atoms with Crippen molar-refractivity contribution in [1.82, 2.24) is 10.6 Å². The smallest absolute Gasteiger partial charge is 0.288 e. The van der Waals surface area contributed by atoms with Crippen molar-refractivity contribution >= 4 is 6.21 Å². The molecule has 0 bridgehead atoms. The van der Waals surface area contributed by atoms with Crippen LogP contribution >= 0.6 is 0 Å². The molecular formula is C11H20N3+. The molecule has 0 spiro atoms. The van der Waals surface area contributed by atoms with Gasteiger partial charge in [-0.2, -0.15) is 4.58 Å². The Balaban J connectivity index is 1.83. The number of allylic oxidation sites excluding steroid dienone is 2. The van der Waals surface area contributed by atoms with Crippen LogP contribution in [0.15, 0.2) is 11.4 Å². The highest BCUT2D eigenvalue weighted by molar-refractivity contribution is 5.82. The zero-order valence-electron chi connectivity index (χ0n) is 9.14. The molecule has 0 aromatic carbocycles. The van der Waals surface area contributed by atoms with E-state index in [1.54, 1.807) is 0 Å². The minimum atomic E-state index is 0.677. The van der Waals surface area contributed by atoms with Crippen LogP contribution in [0.25, 0.3) is 0 Å². The largest absolute Gasteiger partial charge is 0.380 e. The van der Waals surface area contributed by atoms with Crippen LogP contribution in [0, 0.1) is 0 Å². The van der Waals surface area contributed by atoms with Crippen molar-refractivity contribution in [1.29, 1.82) is 0 Å². The van der Waals surface area contributed by atoms with Gasteiger partial charge in [0.25, 0.3) is 5.70 Å². The highest BCUT2D eigenvalue weighted by atomic mass is 15.1. The summed E-state index contributed by atoms with van der Waals surface area (Å²) in [4.78, 5) is 0. The summed E-state index contributed by atoms with van der Waals surface area (Å²) < 4.78 is 2.28. The molecule has 2 N–H and O–H groups in total. The molecule has 14 heavy (non-hydrogen) atoms. The lowest BCUT2D eigenvalue weighted by Crippen LogP contribution is -2.39. The molecule has 0 aromatic rings. The second kappa shape index (κ2) is 4.13. The van der Waals surface area contributed by atoms with E-state index in [1.807, 2.05) is 0 Å². The van der Waals surface area contributed by atoms with E-state index < -0.39 is 0 Å². The highest BCUT2D eigenvalue weighted by Gasteiger charge is 2.30. The first kappa shape index (κ1) is 9.71.